The van der Waals surface area contributed by atoms with Crippen LogP contribution in [-0.2, 0) is 0 Å². The second-order valence-electron chi connectivity index (χ2n) is 5.53. The lowest BCUT2D eigenvalue weighted by molar-refractivity contribution is 0.419. The molecular formula is C17H18Cl2N2. The van der Waals surface area contributed by atoms with Gasteiger partial charge in [-0.3, -0.25) is 5.84 Å². The van der Waals surface area contributed by atoms with E-state index in [2.05, 4.69) is 29.7 Å². The first kappa shape index (κ1) is 14.9. The fraction of sp³-hybridized carbons (Fsp3) is 0.294. The standard InChI is InChI=1S/C17H18Cl2N2/c18-14-5-2-6-15(19)16(14)17(21-20)13-9-7-12(8-10-13)11-3-1-4-11/h2,5-11,17,21H,1,3-4,20H2. The highest BCUT2D eigenvalue weighted by atomic mass is 35.5. The predicted octanol–water partition coefficient (Wildman–Crippen LogP) is 4.81. The van der Waals surface area contributed by atoms with Gasteiger partial charge < -0.3 is 0 Å². The summed E-state index contributed by atoms with van der Waals surface area (Å²) in [5.74, 6) is 6.47. The molecule has 0 aliphatic heterocycles. The Morgan fingerprint density at radius 3 is 2.10 bits per heavy atom. The molecule has 0 saturated heterocycles. The van der Waals surface area contributed by atoms with Gasteiger partial charge in [-0.15, -0.1) is 0 Å². The van der Waals surface area contributed by atoms with Crippen molar-refractivity contribution in [1.29, 1.82) is 0 Å². The van der Waals surface area contributed by atoms with Crippen LogP contribution in [0.5, 0.6) is 0 Å². The Bertz CT molecular complexity index is 601. The fourth-order valence-electron chi connectivity index (χ4n) is 2.83. The lowest BCUT2D eigenvalue weighted by atomic mass is 9.79. The third-order valence-corrected chi connectivity index (χ3v) is 4.96. The van der Waals surface area contributed by atoms with Crippen molar-refractivity contribution in [2.75, 3.05) is 0 Å². The van der Waals surface area contributed by atoms with Crippen LogP contribution in [0.1, 0.15) is 47.9 Å². The van der Waals surface area contributed by atoms with Gasteiger partial charge in [-0.25, -0.2) is 5.43 Å². The zero-order chi connectivity index (χ0) is 14.8. The number of rotatable bonds is 4. The van der Waals surface area contributed by atoms with Gasteiger partial charge in [0.15, 0.2) is 0 Å². The average molecular weight is 321 g/mol. The summed E-state index contributed by atoms with van der Waals surface area (Å²) in [6.45, 7) is 0. The second-order valence-corrected chi connectivity index (χ2v) is 6.34. The maximum atomic E-state index is 6.29. The number of hydrogen-bond acceptors (Lipinski definition) is 2. The van der Waals surface area contributed by atoms with Gasteiger partial charge in [0.2, 0.25) is 0 Å². The molecule has 0 amide bonds. The van der Waals surface area contributed by atoms with E-state index in [9.17, 15) is 0 Å². The first-order valence-corrected chi connectivity index (χ1v) is 7.96. The summed E-state index contributed by atoms with van der Waals surface area (Å²) >= 11 is 12.6. The Kier molecular flexibility index (Phi) is 4.51. The minimum absolute atomic E-state index is 0.207. The van der Waals surface area contributed by atoms with Gasteiger partial charge in [0.05, 0.1) is 6.04 Å². The summed E-state index contributed by atoms with van der Waals surface area (Å²) < 4.78 is 0. The highest BCUT2D eigenvalue weighted by molar-refractivity contribution is 6.36. The summed E-state index contributed by atoms with van der Waals surface area (Å²) in [6.07, 6.45) is 3.94. The molecule has 2 aromatic carbocycles. The van der Waals surface area contributed by atoms with E-state index in [1.54, 1.807) is 0 Å². The topological polar surface area (TPSA) is 38.0 Å². The molecule has 0 heterocycles. The molecule has 1 aliphatic carbocycles. The minimum atomic E-state index is -0.207. The normalized spacial score (nSPS) is 16.5. The van der Waals surface area contributed by atoms with Crippen LogP contribution in [0.15, 0.2) is 42.5 Å². The predicted molar refractivity (Wildman–Crippen MR) is 88.7 cm³/mol. The highest BCUT2D eigenvalue weighted by Crippen LogP contribution is 2.38. The highest BCUT2D eigenvalue weighted by Gasteiger charge is 2.21. The van der Waals surface area contributed by atoms with E-state index in [4.69, 9.17) is 29.0 Å². The summed E-state index contributed by atoms with van der Waals surface area (Å²) in [6, 6.07) is 13.9. The van der Waals surface area contributed by atoms with Crippen LogP contribution in [0.4, 0.5) is 0 Å². The SMILES string of the molecule is NNC(c1ccc(C2CCC2)cc1)c1c(Cl)cccc1Cl. The first-order valence-electron chi connectivity index (χ1n) is 7.20. The van der Waals surface area contributed by atoms with Gasteiger partial charge in [-0.05, 0) is 42.0 Å². The molecule has 3 N–H and O–H groups in total. The summed E-state index contributed by atoms with van der Waals surface area (Å²) in [4.78, 5) is 0. The van der Waals surface area contributed by atoms with Crippen LogP contribution >= 0.6 is 23.2 Å². The molecule has 0 radical (unpaired) electrons. The van der Waals surface area contributed by atoms with Gasteiger partial charge in [-0.1, -0.05) is 60.0 Å². The molecule has 3 rings (SSSR count). The van der Waals surface area contributed by atoms with E-state index in [-0.39, 0.29) is 6.04 Å². The Balaban J connectivity index is 1.92. The van der Waals surface area contributed by atoms with E-state index >= 15 is 0 Å². The zero-order valence-corrected chi connectivity index (χ0v) is 13.2. The van der Waals surface area contributed by atoms with Crippen LogP contribution in [0.2, 0.25) is 10.0 Å². The van der Waals surface area contributed by atoms with E-state index in [0.29, 0.717) is 10.0 Å². The van der Waals surface area contributed by atoms with E-state index in [1.165, 1.54) is 24.8 Å². The van der Waals surface area contributed by atoms with Crippen LogP contribution in [0.3, 0.4) is 0 Å². The molecule has 2 aromatic rings. The Labute approximate surface area is 135 Å². The third kappa shape index (κ3) is 2.95. The van der Waals surface area contributed by atoms with Crippen molar-refractivity contribution >= 4 is 23.2 Å². The van der Waals surface area contributed by atoms with Crippen LogP contribution in [0, 0.1) is 0 Å². The lowest BCUT2D eigenvalue weighted by Crippen LogP contribution is -2.29. The smallest absolute Gasteiger partial charge is 0.0739 e. The van der Waals surface area contributed by atoms with Crippen molar-refractivity contribution in [3.8, 4) is 0 Å². The van der Waals surface area contributed by atoms with Gasteiger partial charge in [0.25, 0.3) is 0 Å². The molecule has 4 heteroatoms. The minimum Gasteiger partial charge on any atom is -0.271 e. The van der Waals surface area contributed by atoms with Crippen molar-refractivity contribution < 1.29 is 0 Å². The van der Waals surface area contributed by atoms with Crippen LogP contribution < -0.4 is 11.3 Å². The van der Waals surface area contributed by atoms with Crippen LogP contribution in [-0.4, -0.2) is 0 Å². The molecule has 110 valence electrons. The van der Waals surface area contributed by atoms with E-state index < -0.39 is 0 Å². The van der Waals surface area contributed by atoms with Crippen molar-refractivity contribution in [1.82, 2.24) is 5.43 Å². The first-order chi connectivity index (χ1) is 10.2. The maximum absolute atomic E-state index is 6.29. The summed E-state index contributed by atoms with van der Waals surface area (Å²) in [5.41, 5.74) is 6.12. The number of hydrazine groups is 1. The Morgan fingerprint density at radius 1 is 1.00 bits per heavy atom. The maximum Gasteiger partial charge on any atom is 0.0739 e. The summed E-state index contributed by atoms with van der Waals surface area (Å²) in [5, 5.41) is 1.24. The zero-order valence-electron chi connectivity index (χ0n) is 11.7. The number of hydrogen-bond donors (Lipinski definition) is 2. The average Bonchev–Trinajstić information content (AvgIpc) is 2.42. The molecule has 0 spiro atoms. The number of halogens is 2. The Hall–Kier alpha value is -1.06. The van der Waals surface area contributed by atoms with Gasteiger partial charge in [-0.2, -0.15) is 0 Å². The largest absolute Gasteiger partial charge is 0.271 e. The van der Waals surface area contributed by atoms with E-state index in [1.807, 2.05) is 18.2 Å². The van der Waals surface area contributed by atoms with Crippen molar-refractivity contribution in [3.05, 3.63) is 69.2 Å². The summed E-state index contributed by atoms with van der Waals surface area (Å²) in [7, 11) is 0. The third-order valence-electron chi connectivity index (χ3n) is 4.30. The number of benzene rings is 2. The second kappa shape index (κ2) is 6.37. The molecule has 1 fully saturated rings. The molecule has 1 aliphatic rings. The van der Waals surface area contributed by atoms with Crippen LogP contribution in [0.25, 0.3) is 0 Å². The van der Waals surface area contributed by atoms with Gasteiger partial charge in [0.1, 0.15) is 0 Å². The molecular weight excluding hydrogens is 303 g/mol. The monoisotopic (exact) mass is 320 g/mol. The lowest BCUT2D eigenvalue weighted by Gasteiger charge is -2.26. The fourth-order valence-corrected chi connectivity index (χ4v) is 3.45. The van der Waals surface area contributed by atoms with Crippen molar-refractivity contribution in [2.45, 2.75) is 31.2 Å². The molecule has 2 nitrogen and oxygen atoms in total. The molecule has 1 unspecified atom stereocenters. The van der Waals surface area contributed by atoms with Gasteiger partial charge >= 0.3 is 0 Å². The quantitative estimate of drug-likeness (QED) is 0.626. The molecule has 1 saturated carbocycles. The molecule has 1 atom stereocenters. The van der Waals surface area contributed by atoms with Gasteiger partial charge in [0, 0.05) is 15.6 Å². The Morgan fingerprint density at radius 2 is 1.62 bits per heavy atom. The number of nitrogens with two attached hydrogens (primary N) is 1. The van der Waals surface area contributed by atoms with Crippen molar-refractivity contribution in [3.63, 3.8) is 0 Å². The molecule has 0 aromatic heterocycles. The molecule has 0 bridgehead atoms. The van der Waals surface area contributed by atoms with Crippen molar-refractivity contribution in [2.24, 2.45) is 5.84 Å². The van der Waals surface area contributed by atoms with E-state index in [0.717, 1.165) is 17.0 Å². The number of nitrogens with one attached hydrogen (secondary N) is 1. The molecule has 21 heavy (non-hydrogen) atoms.